The average molecular weight is 333 g/mol. The van der Waals surface area contributed by atoms with E-state index < -0.39 is 12.5 Å². The molecule has 1 aromatic heterocycles. The van der Waals surface area contributed by atoms with E-state index in [1.165, 1.54) is 11.3 Å². The van der Waals surface area contributed by atoms with Crippen LogP contribution in [0.3, 0.4) is 0 Å². The normalized spacial score (nSPS) is 10.1. The van der Waals surface area contributed by atoms with Crippen molar-refractivity contribution >= 4 is 34.8 Å². The second-order valence-corrected chi connectivity index (χ2v) is 5.62. The zero-order chi connectivity index (χ0) is 16.8. The van der Waals surface area contributed by atoms with Crippen molar-refractivity contribution in [3.8, 4) is 0 Å². The SMILES string of the molecule is Cc1ncsc1C(=O)Nc1ccc(CC(=O)NCC(=O)O)cc1. The Kier molecular flexibility index (Phi) is 5.42. The summed E-state index contributed by atoms with van der Waals surface area (Å²) in [6.07, 6.45) is 0.0788. The molecule has 0 aliphatic rings. The number of hydrogen-bond acceptors (Lipinski definition) is 5. The number of carboxylic acid groups (broad SMARTS) is 1. The second-order valence-electron chi connectivity index (χ2n) is 4.77. The van der Waals surface area contributed by atoms with Crippen LogP contribution in [-0.2, 0) is 16.0 Å². The van der Waals surface area contributed by atoms with Gasteiger partial charge in [-0.3, -0.25) is 14.4 Å². The molecule has 0 unspecified atom stereocenters. The molecule has 1 aromatic carbocycles. The van der Waals surface area contributed by atoms with Gasteiger partial charge >= 0.3 is 5.97 Å². The molecule has 23 heavy (non-hydrogen) atoms. The Labute approximate surface area is 136 Å². The number of rotatable bonds is 6. The maximum absolute atomic E-state index is 12.0. The Balaban J connectivity index is 1.92. The van der Waals surface area contributed by atoms with E-state index in [0.717, 1.165) is 5.56 Å². The summed E-state index contributed by atoms with van der Waals surface area (Å²) in [6.45, 7) is 1.37. The van der Waals surface area contributed by atoms with Crippen LogP contribution in [0.4, 0.5) is 5.69 Å². The maximum Gasteiger partial charge on any atom is 0.322 e. The third-order valence-electron chi connectivity index (χ3n) is 2.97. The first-order valence-corrected chi connectivity index (χ1v) is 7.62. The summed E-state index contributed by atoms with van der Waals surface area (Å²) >= 11 is 1.27. The molecule has 1 heterocycles. The predicted molar refractivity (Wildman–Crippen MR) is 85.6 cm³/mol. The summed E-state index contributed by atoms with van der Waals surface area (Å²) in [5.41, 5.74) is 3.62. The summed E-state index contributed by atoms with van der Waals surface area (Å²) in [7, 11) is 0. The fourth-order valence-corrected chi connectivity index (χ4v) is 2.53. The van der Waals surface area contributed by atoms with Crippen LogP contribution >= 0.6 is 11.3 Å². The predicted octanol–water partition coefficient (Wildman–Crippen LogP) is 1.45. The zero-order valence-corrected chi connectivity index (χ0v) is 13.1. The van der Waals surface area contributed by atoms with Crippen molar-refractivity contribution in [2.24, 2.45) is 0 Å². The number of benzene rings is 1. The smallest absolute Gasteiger partial charge is 0.322 e. The number of aliphatic carboxylic acids is 1. The van der Waals surface area contributed by atoms with E-state index in [4.69, 9.17) is 5.11 Å². The fourth-order valence-electron chi connectivity index (χ4n) is 1.84. The van der Waals surface area contributed by atoms with Gasteiger partial charge in [-0.25, -0.2) is 4.98 Å². The molecule has 0 bridgehead atoms. The number of nitrogens with one attached hydrogen (secondary N) is 2. The Morgan fingerprint density at radius 3 is 2.48 bits per heavy atom. The molecule has 2 aromatic rings. The van der Waals surface area contributed by atoms with Crippen LogP contribution in [0.2, 0.25) is 0 Å². The lowest BCUT2D eigenvalue weighted by molar-refractivity contribution is -0.137. The van der Waals surface area contributed by atoms with Gasteiger partial charge in [0.1, 0.15) is 11.4 Å². The van der Waals surface area contributed by atoms with E-state index in [0.29, 0.717) is 16.3 Å². The van der Waals surface area contributed by atoms with Gasteiger partial charge in [0.2, 0.25) is 5.91 Å². The lowest BCUT2D eigenvalue weighted by atomic mass is 10.1. The maximum atomic E-state index is 12.0. The molecule has 0 aliphatic carbocycles. The minimum Gasteiger partial charge on any atom is -0.480 e. The number of thiazole rings is 1. The number of carboxylic acids is 1. The first-order chi connectivity index (χ1) is 11.0. The highest BCUT2D eigenvalue weighted by molar-refractivity contribution is 7.12. The second kappa shape index (κ2) is 7.50. The number of carbonyl (C=O) groups excluding carboxylic acids is 2. The highest BCUT2D eigenvalue weighted by Crippen LogP contribution is 2.16. The van der Waals surface area contributed by atoms with E-state index in [9.17, 15) is 14.4 Å². The molecule has 0 fully saturated rings. The quantitative estimate of drug-likeness (QED) is 0.741. The van der Waals surface area contributed by atoms with E-state index in [2.05, 4.69) is 15.6 Å². The molecule has 3 N–H and O–H groups in total. The van der Waals surface area contributed by atoms with Crippen LogP contribution in [0.15, 0.2) is 29.8 Å². The molecule has 0 saturated carbocycles. The van der Waals surface area contributed by atoms with Crippen molar-refractivity contribution in [3.05, 3.63) is 45.9 Å². The van der Waals surface area contributed by atoms with Crippen LogP contribution < -0.4 is 10.6 Å². The monoisotopic (exact) mass is 333 g/mol. The Hall–Kier alpha value is -2.74. The van der Waals surface area contributed by atoms with Gasteiger partial charge in [-0.2, -0.15) is 0 Å². The van der Waals surface area contributed by atoms with Gasteiger partial charge in [-0.15, -0.1) is 11.3 Å². The number of hydrogen-bond donors (Lipinski definition) is 3. The highest BCUT2D eigenvalue weighted by Gasteiger charge is 2.12. The standard InChI is InChI=1S/C15H15N3O4S/c1-9-14(23-8-17-9)15(22)18-11-4-2-10(3-5-11)6-12(19)16-7-13(20)21/h2-5,8H,6-7H2,1H3,(H,16,19)(H,18,22)(H,20,21). The lowest BCUT2D eigenvalue weighted by Crippen LogP contribution is -2.30. The Morgan fingerprint density at radius 1 is 1.22 bits per heavy atom. The van der Waals surface area contributed by atoms with Gasteiger partial charge in [0.15, 0.2) is 0 Å². The third-order valence-corrected chi connectivity index (χ3v) is 3.89. The first kappa shape index (κ1) is 16.6. The average Bonchev–Trinajstić information content (AvgIpc) is 2.93. The van der Waals surface area contributed by atoms with Crippen LogP contribution in [-0.4, -0.2) is 34.4 Å². The summed E-state index contributed by atoms with van der Waals surface area (Å²) in [6, 6.07) is 6.78. The van der Waals surface area contributed by atoms with Gasteiger partial charge in [0.05, 0.1) is 17.6 Å². The summed E-state index contributed by atoms with van der Waals surface area (Å²) in [5.74, 6) is -1.68. The van der Waals surface area contributed by atoms with Crippen molar-refractivity contribution in [1.29, 1.82) is 0 Å². The molecular formula is C15H15N3O4S. The fraction of sp³-hybridized carbons (Fsp3) is 0.200. The largest absolute Gasteiger partial charge is 0.480 e. The number of aryl methyl sites for hydroxylation is 1. The molecular weight excluding hydrogens is 318 g/mol. The lowest BCUT2D eigenvalue weighted by Gasteiger charge is -2.06. The van der Waals surface area contributed by atoms with Crippen molar-refractivity contribution in [2.45, 2.75) is 13.3 Å². The Bertz CT molecular complexity index is 725. The summed E-state index contributed by atoms with van der Waals surface area (Å²) in [5, 5.41) is 13.5. The van der Waals surface area contributed by atoms with Gasteiger partial charge < -0.3 is 15.7 Å². The number of amides is 2. The summed E-state index contributed by atoms with van der Waals surface area (Å²) in [4.78, 5) is 38.5. The van der Waals surface area contributed by atoms with Crippen molar-refractivity contribution < 1.29 is 19.5 Å². The molecule has 0 spiro atoms. The Morgan fingerprint density at radius 2 is 1.91 bits per heavy atom. The van der Waals surface area contributed by atoms with E-state index in [1.54, 1.807) is 36.7 Å². The molecule has 2 amide bonds. The minimum atomic E-state index is -1.09. The van der Waals surface area contributed by atoms with Crippen LogP contribution in [0.1, 0.15) is 20.9 Å². The molecule has 0 atom stereocenters. The number of nitrogens with zero attached hydrogens (tertiary/aromatic N) is 1. The van der Waals surface area contributed by atoms with Crippen LogP contribution in [0.5, 0.6) is 0 Å². The van der Waals surface area contributed by atoms with Gasteiger partial charge in [0, 0.05) is 5.69 Å². The van der Waals surface area contributed by atoms with Crippen molar-refractivity contribution in [1.82, 2.24) is 10.3 Å². The number of anilines is 1. The summed E-state index contributed by atoms with van der Waals surface area (Å²) < 4.78 is 0. The molecule has 8 heteroatoms. The van der Waals surface area contributed by atoms with E-state index >= 15 is 0 Å². The number of carbonyl (C=O) groups is 3. The molecule has 0 aliphatic heterocycles. The molecule has 120 valence electrons. The number of aromatic nitrogens is 1. The first-order valence-electron chi connectivity index (χ1n) is 6.74. The van der Waals surface area contributed by atoms with E-state index in [-0.39, 0.29) is 18.2 Å². The minimum absolute atomic E-state index is 0.0788. The molecule has 2 rings (SSSR count). The topological polar surface area (TPSA) is 108 Å². The van der Waals surface area contributed by atoms with Crippen LogP contribution in [0, 0.1) is 6.92 Å². The van der Waals surface area contributed by atoms with E-state index in [1.807, 2.05) is 0 Å². The van der Waals surface area contributed by atoms with Crippen LogP contribution in [0.25, 0.3) is 0 Å². The van der Waals surface area contributed by atoms with Gasteiger partial charge in [-0.1, -0.05) is 12.1 Å². The van der Waals surface area contributed by atoms with Crippen molar-refractivity contribution in [2.75, 3.05) is 11.9 Å². The molecule has 0 radical (unpaired) electrons. The zero-order valence-electron chi connectivity index (χ0n) is 12.3. The molecule has 0 saturated heterocycles. The van der Waals surface area contributed by atoms with Gasteiger partial charge in [-0.05, 0) is 24.6 Å². The van der Waals surface area contributed by atoms with Crippen molar-refractivity contribution in [3.63, 3.8) is 0 Å². The van der Waals surface area contributed by atoms with Gasteiger partial charge in [0.25, 0.3) is 5.91 Å². The molecule has 7 nitrogen and oxygen atoms in total. The third kappa shape index (κ3) is 4.89. The highest BCUT2D eigenvalue weighted by atomic mass is 32.1.